The lowest BCUT2D eigenvalue weighted by Crippen LogP contribution is -2.14. The average molecular weight is 262 g/mol. The first-order chi connectivity index (χ1) is 8.59. The van der Waals surface area contributed by atoms with Crippen molar-refractivity contribution in [1.29, 1.82) is 0 Å². The standard InChI is InChI=1S/C13H14N2O2S/c1-9(2)15-12(16)11(18-13(15)17)8-14-10-6-4-3-5-7-10/h3-9,16H,1-2H3. The van der Waals surface area contributed by atoms with Gasteiger partial charge in [-0.25, -0.2) is 0 Å². The van der Waals surface area contributed by atoms with Gasteiger partial charge in [0.25, 0.3) is 0 Å². The number of hydrogen-bond donors (Lipinski definition) is 1. The van der Waals surface area contributed by atoms with Crippen molar-refractivity contribution in [2.24, 2.45) is 4.99 Å². The molecule has 0 aliphatic carbocycles. The Bertz CT molecular complexity index is 612. The third kappa shape index (κ3) is 2.51. The summed E-state index contributed by atoms with van der Waals surface area (Å²) in [5.74, 6) is -0.0142. The molecule has 5 heteroatoms. The SMILES string of the molecule is CC(C)n1c(O)c(C=Nc2ccccc2)sc1=O. The molecule has 0 radical (unpaired) electrons. The normalized spacial score (nSPS) is 11.5. The van der Waals surface area contributed by atoms with Crippen molar-refractivity contribution < 1.29 is 5.11 Å². The summed E-state index contributed by atoms with van der Waals surface area (Å²) in [5, 5.41) is 9.94. The molecule has 1 aromatic heterocycles. The Hall–Kier alpha value is -1.88. The van der Waals surface area contributed by atoms with Crippen LogP contribution in [-0.4, -0.2) is 15.9 Å². The first-order valence-corrected chi connectivity index (χ1v) is 6.44. The Morgan fingerprint density at radius 1 is 1.33 bits per heavy atom. The minimum atomic E-state index is -0.169. The van der Waals surface area contributed by atoms with Crippen molar-refractivity contribution in [3.05, 3.63) is 44.9 Å². The summed E-state index contributed by atoms with van der Waals surface area (Å²) < 4.78 is 1.36. The molecule has 0 fully saturated rings. The molecule has 18 heavy (non-hydrogen) atoms. The molecule has 0 saturated heterocycles. The van der Waals surface area contributed by atoms with Crippen molar-refractivity contribution in [1.82, 2.24) is 4.57 Å². The second-order valence-corrected chi connectivity index (χ2v) is 5.11. The Balaban J connectivity index is 2.34. The van der Waals surface area contributed by atoms with Gasteiger partial charge in [-0.3, -0.25) is 14.4 Å². The van der Waals surface area contributed by atoms with E-state index in [-0.39, 0.29) is 16.8 Å². The molecule has 94 valence electrons. The van der Waals surface area contributed by atoms with Crippen LogP contribution in [-0.2, 0) is 0 Å². The van der Waals surface area contributed by atoms with Crippen LogP contribution < -0.4 is 4.87 Å². The Morgan fingerprint density at radius 3 is 2.56 bits per heavy atom. The van der Waals surface area contributed by atoms with E-state index >= 15 is 0 Å². The molecule has 1 heterocycles. The molecule has 1 aromatic carbocycles. The van der Waals surface area contributed by atoms with E-state index in [1.165, 1.54) is 10.8 Å². The van der Waals surface area contributed by atoms with Gasteiger partial charge >= 0.3 is 4.87 Å². The fraction of sp³-hybridized carbons (Fsp3) is 0.231. The second kappa shape index (κ2) is 5.18. The second-order valence-electron chi connectivity index (χ2n) is 4.11. The van der Waals surface area contributed by atoms with E-state index in [9.17, 15) is 9.90 Å². The number of benzene rings is 1. The third-order valence-electron chi connectivity index (χ3n) is 2.45. The van der Waals surface area contributed by atoms with Crippen LogP contribution in [0.5, 0.6) is 5.88 Å². The van der Waals surface area contributed by atoms with Gasteiger partial charge in [0.1, 0.15) is 4.88 Å². The molecule has 0 aliphatic rings. The number of nitrogens with zero attached hydrogens (tertiary/aromatic N) is 2. The van der Waals surface area contributed by atoms with Gasteiger partial charge in [-0.1, -0.05) is 29.5 Å². The molecule has 0 bridgehead atoms. The summed E-state index contributed by atoms with van der Waals surface area (Å²) in [7, 11) is 0. The van der Waals surface area contributed by atoms with Crippen LogP contribution >= 0.6 is 11.3 Å². The third-order valence-corrected chi connectivity index (χ3v) is 3.33. The number of aliphatic imine (C=N–C) groups is 1. The lowest BCUT2D eigenvalue weighted by atomic mass is 10.3. The summed E-state index contributed by atoms with van der Waals surface area (Å²) in [6.45, 7) is 3.71. The molecule has 0 aliphatic heterocycles. The number of thiazole rings is 1. The Morgan fingerprint density at radius 2 is 2.00 bits per heavy atom. The molecule has 0 saturated carbocycles. The van der Waals surface area contributed by atoms with Crippen LogP contribution in [0.1, 0.15) is 24.8 Å². The van der Waals surface area contributed by atoms with Crippen LogP contribution in [0.2, 0.25) is 0 Å². The largest absolute Gasteiger partial charge is 0.493 e. The number of rotatable bonds is 3. The fourth-order valence-electron chi connectivity index (χ4n) is 1.58. The fourth-order valence-corrected chi connectivity index (χ4v) is 2.46. The molecule has 2 aromatic rings. The number of aromatic hydroxyl groups is 1. The van der Waals surface area contributed by atoms with E-state index in [0.29, 0.717) is 4.88 Å². The van der Waals surface area contributed by atoms with Crippen molar-refractivity contribution in [3.63, 3.8) is 0 Å². The molecule has 1 N–H and O–H groups in total. The molecule has 0 unspecified atom stereocenters. The summed E-state index contributed by atoms with van der Waals surface area (Å²) in [4.78, 5) is 16.2. The predicted molar refractivity (Wildman–Crippen MR) is 74.3 cm³/mol. The lowest BCUT2D eigenvalue weighted by Gasteiger charge is -2.05. The average Bonchev–Trinajstić information content (AvgIpc) is 2.63. The molecule has 0 atom stereocenters. The van der Waals surface area contributed by atoms with Gasteiger partial charge in [0.2, 0.25) is 5.88 Å². The van der Waals surface area contributed by atoms with Crippen molar-refractivity contribution in [2.45, 2.75) is 19.9 Å². The minimum Gasteiger partial charge on any atom is -0.493 e. The Kier molecular flexibility index (Phi) is 3.62. The van der Waals surface area contributed by atoms with E-state index in [1.807, 2.05) is 44.2 Å². The number of aromatic nitrogens is 1. The maximum atomic E-state index is 11.7. The molecular formula is C13H14N2O2S. The van der Waals surface area contributed by atoms with Crippen molar-refractivity contribution >= 4 is 23.2 Å². The zero-order chi connectivity index (χ0) is 13.1. The van der Waals surface area contributed by atoms with Gasteiger partial charge < -0.3 is 5.11 Å². The highest BCUT2D eigenvalue weighted by molar-refractivity contribution is 7.11. The quantitative estimate of drug-likeness (QED) is 0.865. The Labute approximate surface area is 109 Å². The minimum absolute atomic E-state index is 0.0142. The van der Waals surface area contributed by atoms with Crippen LogP contribution in [0.3, 0.4) is 0 Å². The van der Waals surface area contributed by atoms with Gasteiger partial charge in [-0.05, 0) is 26.0 Å². The van der Waals surface area contributed by atoms with Gasteiger partial charge in [-0.15, -0.1) is 0 Å². The summed E-state index contributed by atoms with van der Waals surface area (Å²) in [5.41, 5.74) is 0.786. The molecule has 2 rings (SSSR count). The first-order valence-electron chi connectivity index (χ1n) is 5.63. The van der Waals surface area contributed by atoms with E-state index in [2.05, 4.69) is 4.99 Å². The highest BCUT2D eigenvalue weighted by Gasteiger charge is 2.14. The van der Waals surface area contributed by atoms with Crippen LogP contribution in [0, 0.1) is 0 Å². The van der Waals surface area contributed by atoms with E-state index < -0.39 is 0 Å². The van der Waals surface area contributed by atoms with E-state index in [4.69, 9.17) is 0 Å². The molecular weight excluding hydrogens is 248 g/mol. The zero-order valence-corrected chi connectivity index (χ0v) is 11.0. The number of para-hydroxylation sites is 1. The van der Waals surface area contributed by atoms with Gasteiger partial charge in [0.15, 0.2) is 0 Å². The maximum absolute atomic E-state index is 11.7. The highest BCUT2D eigenvalue weighted by atomic mass is 32.1. The van der Waals surface area contributed by atoms with Crippen molar-refractivity contribution in [3.8, 4) is 5.88 Å². The predicted octanol–water partition coefficient (Wildman–Crippen LogP) is 2.95. The van der Waals surface area contributed by atoms with Crippen molar-refractivity contribution in [2.75, 3.05) is 0 Å². The van der Waals surface area contributed by atoms with Crippen LogP contribution in [0.25, 0.3) is 0 Å². The summed E-state index contributed by atoms with van der Waals surface area (Å²) in [6.07, 6.45) is 1.52. The van der Waals surface area contributed by atoms with Gasteiger partial charge in [0.05, 0.1) is 11.9 Å². The molecule has 0 amide bonds. The van der Waals surface area contributed by atoms with E-state index in [1.54, 1.807) is 0 Å². The van der Waals surface area contributed by atoms with Crippen LogP contribution in [0.15, 0.2) is 40.1 Å². The van der Waals surface area contributed by atoms with Gasteiger partial charge in [0, 0.05) is 6.04 Å². The smallest absolute Gasteiger partial charge is 0.310 e. The first kappa shape index (κ1) is 12.6. The van der Waals surface area contributed by atoms with Gasteiger partial charge in [-0.2, -0.15) is 0 Å². The summed E-state index contributed by atoms with van der Waals surface area (Å²) >= 11 is 0.997. The zero-order valence-electron chi connectivity index (χ0n) is 10.2. The number of hydrogen-bond acceptors (Lipinski definition) is 4. The van der Waals surface area contributed by atoms with E-state index in [0.717, 1.165) is 17.0 Å². The summed E-state index contributed by atoms with van der Waals surface area (Å²) in [6, 6.07) is 9.32. The maximum Gasteiger partial charge on any atom is 0.310 e. The monoisotopic (exact) mass is 262 g/mol. The molecule has 0 spiro atoms. The molecule has 4 nitrogen and oxygen atoms in total. The lowest BCUT2D eigenvalue weighted by molar-refractivity contribution is 0.395. The van der Waals surface area contributed by atoms with Crippen LogP contribution in [0.4, 0.5) is 5.69 Å². The highest BCUT2D eigenvalue weighted by Crippen LogP contribution is 2.22. The topological polar surface area (TPSA) is 54.6 Å².